The van der Waals surface area contributed by atoms with Gasteiger partial charge in [0.1, 0.15) is 12.4 Å². The molecule has 0 saturated carbocycles. The van der Waals surface area contributed by atoms with Crippen LogP contribution in [0.5, 0.6) is 5.75 Å². The van der Waals surface area contributed by atoms with Crippen LogP contribution >= 0.6 is 0 Å². The third kappa shape index (κ3) is 4.50. The van der Waals surface area contributed by atoms with Gasteiger partial charge in [-0.3, -0.25) is 4.79 Å². The average molecular weight is 430 g/mol. The number of fused-ring (bicyclic) bond motifs is 1. The minimum atomic E-state index is -4.46. The first-order valence-electron chi connectivity index (χ1n) is 9.33. The molecule has 0 saturated heterocycles. The van der Waals surface area contributed by atoms with Gasteiger partial charge < -0.3 is 4.74 Å². The summed E-state index contributed by atoms with van der Waals surface area (Å²) in [5, 5.41) is 0. The number of halogens is 5. The fraction of sp³-hybridized carbons (Fsp3) is 0.125. The zero-order chi connectivity index (χ0) is 22.2. The van der Waals surface area contributed by atoms with E-state index in [1.165, 1.54) is 24.3 Å². The number of Topliss-reactive ketones (excluding diaryl/α,β-unsaturated/α-hetero) is 1. The van der Waals surface area contributed by atoms with Crippen LogP contribution in [0, 0.1) is 11.6 Å². The number of allylic oxidation sites excluding steroid dienone is 1. The van der Waals surface area contributed by atoms with Crippen molar-refractivity contribution in [2.24, 2.45) is 0 Å². The summed E-state index contributed by atoms with van der Waals surface area (Å²) < 4.78 is 70.6. The molecule has 0 heterocycles. The standard InChI is InChI=1S/C24H15F5O2/c25-21-7-4-15(10-22(21)26)13-31-19-6-5-16-11-17(23(30)20(16)12-19)8-14-2-1-3-18(9-14)24(27,28)29/h1-10,12H,11,13H2/b17-8+. The average Bonchev–Trinajstić information content (AvgIpc) is 3.03. The van der Waals surface area contributed by atoms with Crippen molar-refractivity contribution < 1.29 is 31.5 Å². The highest BCUT2D eigenvalue weighted by molar-refractivity contribution is 6.15. The van der Waals surface area contributed by atoms with E-state index in [0.717, 1.165) is 29.8 Å². The van der Waals surface area contributed by atoms with Crippen molar-refractivity contribution in [2.75, 3.05) is 0 Å². The summed E-state index contributed by atoms with van der Waals surface area (Å²) in [5.74, 6) is -1.84. The van der Waals surface area contributed by atoms with Crippen molar-refractivity contribution in [3.63, 3.8) is 0 Å². The molecule has 0 bridgehead atoms. The fourth-order valence-corrected chi connectivity index (χ4v) is 3.39. The molecule has 0 fully saturated rings. The minimum absolute atomic E-state index is 0.0168. The SMILES string of the molecule is O=C1/C(=C/c2cccc(C(F)(F)F)c2)Cc2ccc(OCc3ccc(F)c(F)c3)cc21. The Labute approximate surface area is 174 Å². The van der Waals surface area contributed by atoms with Gasteiger partial charge in [-0.15, -0.1) is 0 Å². The van der Waals surface area contributed by atoms with E-state index in [1.54, 1.807) is 18.2 Å². The maximum absolute atomic E-state index is 13.3. The first-order valence-corrected chi connectivity index (χ1v) is 9.33. The van der Waals surface area contributed by atoms with E-state index < -0.39 is 23.4 Å². The first kappa shape index (κ1) is 20.8. The molecule has 0 aliphatic heterocycles. The van der Waals surface area contributed by atoms with E-state index in [2.05, 4.69) is 0 Å². The summed E-state index contributed by atoms with van der Waals surface area (Å²) in [6.45, 7) is -0.0168. The lowest BCUT2D eigenvalue weighted by Gasteiger charge is -2.08. The number of hydrogen-bond acceptors (Lipinski definition) is 2. The second-order valence-electron chi connectivity index (χ2n) is 7.15. The number of benzene rings is 3. The van der Waals surface area contributed by atoms with Crippen LogP contribution in [-0.4, -0.2) is 5.78 Å². The van der Waals surface area contributed by atoms with E-state index in [0.29, 0.717) is 34.4 Å². The molecule has 158 valence electrons. The topological polar surface area (TPSA) is 26.3 Å². The maximum atomic E-state index is 13.3. The third-order valence-electron chi connectivity index (χ3n) is 4.94. The molecule has 4 rings (SSSR count). The molecule has 1 aliphatic rings. The number of rotatable bonds is 4. The molecule has 0 atom stereocenters. The van der Waals surface area contributed by atoms with Gasteiger partial charge in [0.05, 0.1) is 5.56 Å². The van der Waals surface area contributed by atoms with Crippen molar-refractivity contribution in [3.8, 4) is 5.75 Å². The summed E-state index contributed by atoms with van der Waals surface area (Å²) in [6.07, 6.45) is -2.70. The van der Waals surface area contributed by atoms with E-state index >= 15 is 0 Å². The van der Waals surface area contributed by atoms with E-state index in [4.69, 9.17) is 4.74 Å². The second kappa shape index (κ2) is 7.98. The Balaban J connectivity index is 1.52. The minimum Gasteiger partial charge on any atom is -0.489 e. The number of ether oxygens (including phenoxy) is 1. The lowest BCUT2D eigenvalue weighted by atomic mass is 10.1. The van der Waals surface area contributed by atoms with Crippen LogP contribution in [0.2, 0.25) is 0 Å². The lowest BCUT2D eigenvalue weighted by molar-refractivity contribution is -0.137. The number of ketones is 1. The molecule has 0 aromatic heterocycles. The normalized spacial score (nSPS) is 14.7. The smallest absolute Gasteiger partial charge is 0.416 e. The van der Waals surface area contributed by atoms with Crippen molar-refractivity contribution in [3.05, 3.63) is 106 Å². The highest BCUT2D eigenvalue weighted by atomic mass is 19.4. The zero-order valence-electron chi connectivity index (χ0n) is 16.0. The van der Waals surface area contributed by atoms with Crippen molar-refractivity contribution in [1.82, 2.24) is 0 Å². The molecule has 0 N–H and O–H groups in total. The molecular weight excluding hydrogens is 415 g/mol. The Morgan fingerprint density at radius 2 is 1.74 bits per heavy atom. The second-order valence-corrected chi connectivity index (χ2v) is 7.15. The molecule has 1 aliphatic carbocycles. The maximum Gasteiger partial charge on any atom is 0.416 e. The summed E-state index contributed by atoms with van der Waals surface area (Å²) in [5.41, 5.74) is 1.46. The van der Waals surface area contributed by atoms with Crippen LogP contribution in [0.25, 0.3) is 6.08 Å². The van der Waals surface area contributed by atoms with Crippen LogP contribution in [0.1, 0.15) is 32.6 Å². The summed E-state index contributed by atoms with van der Waals surface area (Å²) in [6, 6.07) is 13.1. The number of carbonyl (C=O) groups is 1. The van der Waals surface area contributed by atoms with Gasteiger partial charge in [-0.2, -0.15) is 13.2 Å². The van der Waals surface area contributed by atoms with Crippen molar-refractivity contribution in [2.45, 2.75) is 19.2 Å². The Morgan fingerprint density at radius 3 is 2.48 bits per heavy atom. The molecule has 0 amide bonds. The van der Waals surface area contributed by atoms with Gasteiger partial charge in [-0.25, -0.2) is 8.78 Å². The largest absolute Gasteiger partial charge is 0.489 e. The molecule has 7 heteroatoms. The number of alkyl halides is 3. The van der Waals surface area contributed by atoms with Crippen LogP contribution < -0.4 is 4.74 Å². The zero-order valence-corrected chi connectivity index (χ0v) is 16.0. The Morgan fingerprint density at radius 1 is 0.935 bits per heavy atom. The lowest BCUT2D eigenvalue weighted by Crippen LogP contribution is -2.04. The van der Waals surface area contributed by atoms with Gasteiger partial charge in [0.25, 0.3) is 0 Å². The van der Waals surface area contributed by atoms with E-state index in [9.17, 15) is 26.7 Å². The number of hydrogen-bond donors (Lipinski definition) is 0. The van der Waals surface area contributed by atoms with Crippen LogP contribution in [0.3, 0.4) is 0 Å². The van der Waals surface area contributed by atoms with Gasteiger partial charge in [0, 0.05) is 17.6 Å². The highest BCUT2D eigenvalue weighted by Crippen LogP contribution is 2.33. The van der Waals surface area contributed by atoms with Crippen LogP contribution in [0.4, 0.5) is 22.0 Å². The van der Waals surface area contributed by atoms with Crippen molar-refractivity contribution >= 4 is 11.9 Å². The molecule has 3 aromatic carbocycles. The summed E-state index contributed by atoms with van der Waals surface area (Å²) >= 11 is 0. The van der Waals surface area contributed by atoms with Gasteiger partial charge in [0.2, 0.25) is 0 Å². The van der Waals surface area contributed by atoms with Gasteiger partial charge in [0.15, 0.2) is 17.4 Å². The van der Waals surface area contributed by atoms with E-state index in [1.807, 2.05) is 0 Å². The van der Waals surface area contributed by atoms with Crippen LogP contribution in [0.15, 0.2) is 66.2 Å². The highest BCUT2D eigenvalue weighted by Gasteiger charge is 2.30. The first-order chi connectivity index (χ1) is 14.7. The predicted molar refractivity (Wildman–Crippen MR) is 105 cm³/mol. The molecule has 0 unspecified atom stereocenters. The summed E-state index contributed by atoms with van der Waals surface area (Å²) in [4.78, 5) is 12.8. The Bertz CT molecular complexity index is 1190. The quantitative estimate of drug-likeness (QED) is 0.354. The molecule has 0 radical (unpaired) electrons. The van der Waals surface area contributed by atoms with E-state index in [-0.39, 0.29) is 12.4 Å². The van der Waals surface area contributed by atoms with Crippen LogP contribution in [-0.2, 0) is 19.2 Å². The Kier molecular flexibility index (Phi) is 5.35. The van der Waals surface area contributed by atoms with Gasteiger partial charge >= 0.3 is 6.18 Å². The predicted octanol–water partition coefficient (Wildman–Crippen LogP) is 6.39. The van der Waals surface area contributed by atoms with Gasteiger partial charge in [-0.05, 0) is 59.2 Å². The van der Waals surface area contributed by atoms with Gasteiger partial charge in [-0.1, -0.05) is 24.3 Å². The molecule has 31 heavy (non-hydrogen) atoms. The molecule has 2 nitrogen and oxygen atoms in total. The monoisotopic (exact) mass is 430 g/mol. The Hall–Kier alpha value is -3.48. The number of carbonyl (C=O) groups excluding carboxylic acids is 1. The fourth-order valence-electron chi connectivity index (χ4n) is 3.39. The molecule has 3 aromatic rings. The third-order valence-corrected chi connectivity index (χ3v) is 4.94. The summed E-state index contributed by atoms with van der Waals surface area (Å²) in [7, 11) is 0. The van der Waals surface area contributed by atoms with Crippen molar-refractivity contribution in [1.29, 1.82) is 0 Å². The molecule has 0 spiro atoms. The molecular formula is C24H15F5O2.